The van der Waals surface area contributed by atoms with Crippen LogP contribution in [0.25, 0.3) is 0 Å². The van der Waals surface area contributed by atoms with Gasteiger partial charge in [0.25, 0.3) is 0 Å². The number of hydrogen-bond acceptors (Lipinski definition) is 4. The molecule has 0 bridgehead atoms. The maximum Gasteiger partial charge on any atom is 0.240 e. The summed E-state index contributed by atoms with van der Waals surface area (Å²) in [5.41, 5.74) is 8.20. The van der Waals surface area contributed by atoms with E-state index in [0.29, 0.717) is 35.7 Å². The van der Waals surface area contributed by atoms with Gasteiger partial charge in [0, 0.05) is 18.8 Å². The number of aryl methyl sites for hydroxylation is 1. The topological polar surface area (TPSA) is 75.4 Å². The molecule has 0 aliphatic rings. The molecule has 6 heteroatoms. The highest BCUT2D eigenvalue weighted by molar-refractivity contribution is 7.89. The first-order valence-corrected chi connectivity index (χ1v) is 8.93. The average Bonchev–Trinajstić information content (AvgIpc) is 2.45. The molecule has 0 spiro atoms. The number of nitrogens with two attached hydrogens (primary N) is 1. The van der Waals surface area contributed by atoms with Gasteiger partial charge >= 0.3 is 0 Å². The van der Waals surface area contributed by atoms with E-state index in [2.05, 4.69) is 9.62 Å². The van der Waals surface area contributed by atoms with Gasteiger partial charge in [-0.25, -0.2) is 13.1 Å². The molecule has 0 aliphatic carbocycles. The van der Waals surface area contributed by atoms with Crippen LogP contribution in [0.2, 0.25) is 0 Å². The lowest BCUT2D eigenvalue weighted by atomic mass is 10.1. The zero-order valence-corrected chi connectivity index (χ0v) is 14.3. The highest BCUT2D eigenvalue weighted by atomic mass is 32.2. The van der Waals surface area contributed by atoms with Crippen LogP contribution in [-0.2, 0) is 22.9 Å². The minimum absolute atomic E-state index is 0.320. The molecular formula is C15H27N3O2S. The standard InChI is InChI=1S/C15H27N3O2S/c1-5-12-10-14(16)13(6-2)15(11-12)21(19,20)17-8-9-18(4)7-3/h10-11,17H,5-9,16H2,1-4H3. The summed E-state index contributed by atoms with van der Waals surface area (Å²) in [6.45, 7) is 7.91. The van der Waals surface area contributed by atoms with E-state index < -0.39 is 10.0 Å². The number of anilines is 1. The zero-order valence-electron chi connectivity index (χ0n) is 13.4. The molecule has 3 N–H and O–H groups in total. The molecule has 0 fully saturated rings. The van der Waals surface area contributed by atoms with E-state index in [4.69, 9.17) is 5.73 Å². The zero-order chi connectivity index (χ0) is 16.0. The molecular weight excluding hydrogens is 286 g/mol. The fourth-order valence-electron chi connectivity index (χ4n) is 2.16. The van der Waals surface area contributed by atoms with Crippen LogP contribution in [-0.4, -0.2) is 40.0 Å². The summed E-state index contributed by atoms with van der Waals surface area (Å²) in [6.07, 6.45) is 1.36. The van der Waals surface area contributed by atoms with Crippen molar-refractivity contribution in [3.63, 3.8) is 0 Å². The summed E-state index contributed by atoms with van der Waals surface area (Å²) in [6, 6.07) is 3.60. The van der Waals surface area contributed by atoms with Gasteiger partial charge in [-0.2, -0.15) is 0 Å². The van der Waals surface area contributed by atoms with Gasteiger partial charge in [-0.3, -0.25) is 0 Å². The molecule has 21 heavy (non-hydrogen) atoms. The van der Waals surface area contributed by atoms with Crippen LogP contribution in [0, 0.1) is 0 Å². The fourth-order valence-corrected chi connectivity index (χ4v) is 3.56. The van der Waals surface area contributed by atoms with E-state index in [-0.39, 0.29) is 0 Å². The Morgan fingerprint density at radius 3 is 2.38 bits per heavy atom. The van der Waals surface area contributed by atoms with Crippen LogP contribution in [0.4, 0.5) is 5.69 Å². The minimum atomic E-state index is -3.52. The Hall–Kier alpha value is -1.11. The summed E-state index contributed by atoms with van der Waals surface area (Å²) >= 11 is 0. The molecule has 0 saturated carbocycles. The Kier molecular flexibility index (Phi) is 6.64. The van der Waals surface area contributed by atoms with Gasteiger partial charge in [-0.1, -0.05) is 20.8 Å². The number of rotatable bonds is 8. The van der Waals surface area contributed by atoms with Gasteiger partial charge < -0.3 is 10.6 Å². The molecule has 0 saturated heterocycles. The van der Waals surface area contributed by atoms with Crippen LogP contribution in [0.3, 0.4) is 0 Å². The second-order valence-electron chi connectivity index (χ2n) is 5.16. The molecule has 120 valence electrons. The van der Waals surface area contributed by atoms with Crippen molar-refractivity contribution in [2.75, 3.05) is 32.4 Å². The van der Waals surface area contributed by atoms with Gasteiger partial charge in [-0.15, -0.1) is 0 Å². The molecule has 0 radical (unpaired) electrons. The van der Waals surface area contributed by atoms with Crippen LogP contribution >= 0.6 is 0 Å². The lowest BCUT2D eigenvalue weighted by Crippen LogP contribution is -2.33. The van der Waals surface area contributed by atoms with E-state index >= 15 is 0 Å². The van der Waals surface area contributed by atoms with Crippen molar-refractivity contribution in [1.82, 2.24) is 9.62 Å². The molecule has 0 atom stereocenters. The molecule has 0 heterocycles. The third-order valence-corrected chi connectivity index (χ3v) is 5.21. The highest BCUT2D eigenvalue weighted by Gasteiger charge is 2.20. The first kappa shape index (κ1) is 17.9. The number of benzene rings is 1. The summed E-state index contributed by atoms with van der Waals surface area (Å²) in [5, 5.41) is 0. The smallest absolute Gasteiger partial charge is 0.240 e. The Labute approximate surface area is 128 Å². The first-order valence-electron chi connectivity index (χ1n) is 7.45. The Morgan fingerprint density at radius 1 is 1.19 bits per heavy atom. The molecule has 1 aromatic rings. The number of likely N-dealkylation sites (N-methyl/N-ethyl adjacent to an activating group) is 1. The van der Waals surface area contributed by atoms with Crippen LogP contribution in [0.5, 0.6) is 0 Å². The average molecular weight is 313 g/mol. The Bertz CT molecular complexity index is 571. The molecule has 5 nitrogen and oxygen atoms in total. The predicted molar refractivity (Wildman–Crippen MR) is 88.0 cm³/mol. The monoisotopic (exact) mass is 313 g/mol. The van der Waals surface area contributed by atoms with E-state index in [1.807, 2.05) is 33.9 Å². The second-order valence-corrected chi connectivity index (χ2v) is 6.90. The van der Waals surface area contributed by atoms with Crippen molar-refractivity contribution in [3.05, 3.63) is 23.3 Å². The minimum Gasteiger partial charge on any atom is -0.398 e. The number of nitrogens with zero attached hydrogens (tertiary/aromatic N) is 1. The lowest BCUT2D eigenvalue weighted by Gasteiger charge is -2.17. The third kappa shape index (κ3) is 4.69. The summed E-state index contributed by atoms with van der Waals surface area (Å²) < 4.78 is 27.7. The summed E-state index contributed by atoms with van der Waals surface area (Å²) in [5.74, 6) is 0. The van der Waals surface area contributed by atoms with Crippen molar-refractivity contribution >= 4 is 15.7 Å². The second kappa shape index (κ2) is 7.77. The van der Waals surface area contributed by atoms with Gasteiger partial charge in [0.15, 0.2) is 0 Å². The summed E-state index contributed by atoms with van der Waals surface area (Å²) in [7, 11) is -1.56. The number of sulfonamides is 1. The lowest BCUT2D eigenvalue weighted by molar-refractivity contribution is 0.358. The number of nitrogen functional groups attached to an aromatic ring is 1. The quantitative estimate of drug-likeness (QED) is 0.715. The van der Waals surface area contributed by atoms with Crippen molar-refractivity contribution in [3.8, 4) is 0 Å². The van der Waals surface area contributed by atoms with Crippen molar-refractivity contribution in [2.45, 2.75) is 38.5 Å². The molecule has 0 aromatic heterocycles. The van der Waals surface area contributed by atoms with E-state index in [9.17, 15) is 8.42 Å². The van der Waals surface area contributed by atoms with E-state index in [1.165, 1.54) is 0 Å². The molecule has 0 unspecified atom stereocenters. The van der Waals surface area contributed by atoms with Gasteiger partial charge in [0.1, 0.15) is 0 Å². The molecule has 0 amide bonds. The van der Waals surface area contributed by atoms with Gasteiger partial charge in [0.2, 0.25) is 10.0 Å². The number of nitrogens with one attached hydrogen (secondary N) is 1. The van der Waals surface area contributed by atoms with Crippen LogP contribution < -0.4 is 10.5 Å². The maximum absolute atomic E-state index is 12.5. The molecule has 1 rings (SSSR count). The highest BCUT2D eigenvalue weighted by Crippen LogP contribution is 2.25. The summed E-state index contributed by atoms with van der Waals surface area (Å²) in [4.78, 5) is 2.38. The predicted octanol–water partition coefficient (Wildman–Crippen LogP) is 1.62. The fraction of sp³-hybridized carbons (Fsp3) is 0.600. The Morgan fingerprint density at radius 2 is 1.86 bits per heavy atom. The van der Waals surface area contributed by atoms with Crippen molar-refractivity contribution in [2.24, 2.45) is 0 Å². The SMILES string of the molecule is CCc1cc(N)c(CC)c(S(=O)(=O)NCCN(C)CC)c1. The van der Waals surface area contributed by atoms with Crippen LogP contribution in [0.1, 0.15) is 31.9 Å². The normalized spacial score (nSPS) is 12.0. The van der Waals surface area contributed by atoms with Crippen molar-refractivity contribution in [1.29, 1.82) is 0 Å². The van der Waals surface area contributed by atoms with E-state index in [1.54, 1.807) is 6.07 Å². The third-order valence-electron chi connectivity index (χ3n) is 3.68. The van der Waals surface area contributed by atoms with Crippen molar-refractivity contribution < 1.29 is 8.42 Å². The van der Waals surface area contributed by atoms with E-state index in [0.717, 1.165) is 18.5 Å². The first-order chi connectivity index (χ1) is 9.85. The molecule has 1 aromatic carbocycles. The maximum atomic E-state index is 12.5. The largest absolute Gasteiger partial charge is 0.398 e. The van der Waals surface area contributed by atoms with Gasteiger partial charge in [0.05, 0.1) is 4.90 Å². The van der Waals surface area contributed by atoms with Crippen LogP contribution in [0.15, 0.2) is 17.0 Å². The Balaban J connectivity index is 3.04. The number of hydrogen-bond donors (Lipinski definition) is 2. The molecule has 0 aliphatic heterocycles. The van der Waals surface area contributed by atoms with Gasteiger partial charge in [-0.05, 0) is 49.7 Å².